The number of hydrogen-bond acceptors (Lipinski definition) is 3. The van der Waals surface area contributed by atoms with Crippen molar-refractivity contribution in [1.82, 2.24) is 5.32 Å². The van der Waals surface area contributed by atoms with E-state index in [0.717, 1.165) is 19.3 Å². The highest BCUT2D eigenvalue weighted by Crippen LogP contribution is 2.25. The smallest absolute Gasteiger partial charge is 0.220 e. The fraction of sp³-hybridized carbons (Fsp3) is 0.769. The van der Waals surface area contributed by atoms with Gasteiger partial charge in [0.25, 0.3) is 0 Å². The molecule has 3 N–H and O–H groups in total. The van der Waals surface area contributed by atoms with Crippen molar-refractivity contribution < 1.29 is 9.53 Å². The number of nitrogens with two attached hydrogens (primary N) is 1. The molecule has 4 heteroatoms. The molecule has 100 valence electrons. The van der Waals surface area contributed by atoms with E-state index < -0.39 is 0 Å². The van der Waals surface area contributed by atoms with E-state index in [4.69, 9.17) is 10.5 Å². The van der Waals surface area contributed by atoms with Crippen molar-refractivity contribution in [3.63, 3.8) is 0 Å². The Morgan fingerprint density at radius 2 is 2.18 bits per heavy atom. The first-order valence-corrected chi connectivity index (χ1v) is 6.21. The first-order valence-electron chi connectivity index (χ1n) is 6.21. The Hall–Kier alpha value is -1.03. The predicted octanol–water partition coefficient (Wildman–Crippen LogP) is 1.81. The fourth-order valence-electron chi connectivity index (χ4n) is 1.52. The van der Waals surface area contributed by atoms with E-state index in [2.05, 4.69) is 25.7 Å². The zero-order valence-corrected chi connectivity index (χ0v) is 11.1. The zero-order chi connectivity index (χ0) is 13.1. The van der Waals surface area contributed by atoms with E-state index in [9.17, 15) is 4.79 Å². The summed E-state index contributed by atoms with van der Waals surface area (Å²) in [4.78, 5) is 11.5. The first-order chi connectivity index (χ1) is 8.02. The van der Waals surface area contributed by atoms with Crippen LogP contribution in [0.2, 0.25) is 0 Å². The molecule has 17 heavy (non-hydrogen) atoms. The summed E-state index contributed by atoms with van der Waals surface area (Å²) >= 11 is 0. The van der Waals surface area contributed by atoms with Gasteiger partial charge >= 0.3 is 0 Å². The quantitative estimate of drug-likeness (QED) is 0.453. The Balaban J connectivity index is 3.55. The van der Waals surface area contributed by atoms with Crippen molar-refractivity contribution in [2.75, 3.05) is 19.7 Å². The Morgan fingerprint density at radius 3 is 2.76 bits per heavy atom. The predicted molar refractivity (Wildman–Crippen MR) is 70.5 cm³/mol. The third-order valence-electron chi connectivity index (χ3n) is 2.73. The number of ether oxygens (including phenoxy) is 1. The molecule has 0 aromatic carbocycles. The van der Waals surface area contributed by atoms with Crippen molar-refractivity contribution >= 4 is 5.91 Å². The van der Waals surface area contributed by atoms with Crippen molar-refractivity contribution in [2.45, 2.75) is 39.5 Å². The highest BCUT2D eigenvalue weighted by atomic mass is 16.5. The molecule has 0 radical (unpaired) electrons. The lowest BCUT2D eigenvalue weighted by Gasteiger charge is -2.23. The van der Waals surface area contributed by atoms with Crippen LogP contribution in [-0.4, -0.2) is 25.6 Å². The highest BCUT2D eigenvalue weighted by Gasteiger charge is 2.17. The maximum Gasteiger partial charge on any atom is 0.220 e. The lowest BCUT2D eigenvalue weighted by molar-refractivity contribution is -0.121. The van der Waals surface area contributed by atoms with Gasteiger partial charge in [-0.2, -0.15) is 0 Å². The average molecular weight is 242 g/mol. The van der Waals surface area contributed by atoms with E-state index in [1.807, 2.05) is 0 Å². The maximum absolute atomic E-state index is 11.5. The summed E-state index contributed by atoms with van der Waals surface area (Å²) in [5, 5.41) is 2.87. The molecule has 0 spiro atoms. The fourth-order valence-corrected chi connectivity index (χ4v) is 1.52. The summed E-state index contributed by atoms with van der Waals surface area (Å²) in [6.07, 6.45) is 4.61. The molecular formula is C13H26N2O2. The molecule has 0 bridgehead atoms. The van der Waals surface area contributed by atoms with Crippen molar-refractivity contribution in [2.24, 2.45) is 11.1 Å². The topological polar surface area (TPSA) is 64.3 Å². The van der Waals surface area contributed by atoms with Crippen molar-refractivity contribution in [3.05, 3.63) is 12.8 Å². The summed E-state index contributed by atoms with van der Waals surface area (Å²) in [7, 11) is 0. The number of carbonyl (C=O) groups is 1. The zero-order valence-electron chi connectivity index (χ0n) is 11.1. The summed E-state index contributed by atoms with van der Waals surface area (Å²) in [6, 6.07) is 0. The normalized spacial score (nSPS) is 11.0. The van der Waals surface area contributed by atoms with Gasteiger partial charge in [-0.1, -0.05) is 20.4 Å². The highest BCUT2D eigenvalue weighted by molar-refractivity contribution is 5.75. The molecule has 4 nitrogen and oxygen atoms in total. The van der Waals surface area contributed by atoms with Gasteiger partial charge in [0.05, 0.1) is 12.9 Å². The largest absolute Gasteiger partial charge is 0.502 e. The molecule has 0 aromatic heterocycles. The minimum atomic E-state index is 0.105. The lowest BCUT2D eigenvalue weighted by atomic mass is 9.84. The van der Waals surface area contributed by atoms with Crippen LogP contribution in [0.15, 0.2) is 12.8 Å². The maximum atomic E-state index is 11.5. The van der Waals surface area contributed by atoms with Crippen LogP contribution in [0.1, 0.15) is 39.5 Å². The van der Waals surface area contributed by atoms with Crippen LogP contribution >= 0.6 is 0 Å². The SMILES string of the molecule is C=COCCCNC(=O)CCC(C)(C)CCN. The molecular weight excluding hydrogens is 216 g/mol. The van der Waals surface area contributed by atoms with E-state index in [1.165, 1.54) is 6.26 Å². The molecule has 0 rings (SSSR count). The Kier molecular flexibility index (Phi) is 8.50. The van der Waals surface area contributed by atoms with E-state index in [0.29, 0.717) is 26.1 Å². The monoisotopic (exact) mass is 242 g/mol. The van der Waals surface area contributed by atoms with Gasteiger partial charge in [0.2, 0.25) is 5.91 Å². The Bertz CT molecular complexity index is 227. The van der Waals surface area contributed by atoms with E-state index >= 15 is 0 Å². The van der Waals surface area contributed by atoms with Crippen molar-refractivity contribution in [3.8, 4) is 0 Å². The van der Waals surface area contributed by atoms with Crippen LogP contribution in [0.25, 0.3) is 0 Å². The molecule has 0 heterocycles. The van der Waals surface area contributed by atoms with Crippen LogP contribution in [0.4, 0.5) is 0 Å². The minimum absolute atomic E-state index is 0.105. The summed E-state index contributed by atoms with van der Waals surface area (Å²) in [6.45, 7) is 9.67. The minimum Gasteiger partial charge on any atom is -0.502 e. The molecule has 1 amide bonds. The molecule has 0 aliphatic heterocycles. The number of carbonyl (C=O) groups excluding carboxylic acids is 1. The van der Waals surface area contributed by atoms with E-state index in [1.54, 1.807) is 0 Å². The van der Waals surface area contributed by atoms with Gasteiger partial charge in [-0.25, -0.2) is 0 Å². The summed E-state index contributed by atoms with van der Waals surface area (Å²) in [5.74, 6) is 0.105. The van der Waals surface area contributed by atoms with Gasteiger partial charge in [-0.15, -0.1) is 0 Å². The van der Waals surface area contributed by atoms with Gasteiger partial charge < -0.3 is 15.8 Å². The van der Waals surface area contributed by atoms with E-state index in [-0.39, 0.29) is 11.3 Å². The molecule has 0 aliphatic carbocycles. The first kappa shape index (κ1) is 16.0. The van der Waals surface area contributed by atoms with Crippen LogP contribution in [0.3, 0.4) is 0 Å². The molecule has 0 saturated carbocycles. The summed E-state index contributed by atoms with van der Waals surface area (Å²) < 4.78 is 4.96. The molecule has 0 aromatic rings. The third-order valence-corrected chi connectivity index (χ3v) is 2.73. The van der Waals surface area contributed by atoms with Gasteiger partial charge in [0.1, 0.15) is 0 Å². The van der Waals surface area contributed by atoms with Crippen molar-refractivity contribution in [1.29, 1.82) is 0 Å². The number of amides is 1. The Labute approximate surface area is 105 Å². The average Bonchev–Trinajstić information content (AvgIpc) is 2.26. The second-order valence-corrected chi connectivity index (χ2v) is 4.94. The Morgan fingerprint density at radius 1 is 1.47 bits per heavy atom. The standard InChI is InChI=1S/C13H26N2O2/c1-4-17-11-5-10-15-12(16)6-7-13(2,3)8-9-14/h4H,1,5-11,14H2,2-3H3,(H,15,16). The second kappa shape index (κ2) is 9.05. The number of nitrogens with one attached hydrogen (secondary N) is 1. The van der Waals surface area contributed by atoms with Crippen LogP contribution in [0, 0.1) is 5.41 Å². The molecule has 0 aliphatic rings. The third kappa shape index (κ3) is 9.87. The number of hydrogen-bond donors (Lipinski definition) is 2. The molecule has 0 saturated heterocycles. The molecule has 0 fully saturated rings. The van der Waals surface area contributed by atoms with Gasteiger partial charge in [-0.3, -0.25) is 4.79 Å². The van der Waals surface area contributed by atoms with Gasteiger partial charge in [0, 0.05) is 13.0 Å². The lowest BCUT2D eigenvalue weighted by Crippen LogP contribution is -2.27. The second-order valence-electron chi connectivity index (χ2n) is 4.94. The van der Waals surface area contributed by atoms with Gasteiger partial charge in [-0.05, 0) is 31.2 Å². The number of rotatable bonds is 10. The van der Waals surface area contributed by atoms with Crippen LogP contribution in [0.5, 0.6) is 0 Å². The molecule has 0 unspecified atom stereocenters. The molecule has 0 atom stereocenters. The summed E-state index contributed by atoms with van der Waals surface area (Å²) in [5.41, 5.74) is 5.68. The van der Waals surface area contributed by atoms with Crippen LogP contribution in [-0.2, 0) is 9.53 Å². The van der Waals surface area contributed by atoms with Crippen LogP contribution < -0.4 is 11.1 Å². The van der Waals surface area contributed by atoms with Gasteiger partial charge in [0.15, 0.2) is 0 Å².